The fourth-order valence-electron chi connectivity index (χ4n) is 2.47. The van der Waals surface area contributed by atoms with Crippen molar-refractivity contribution in [2.24, 2.45) is 0 Å². The van der Waals surface area contributed by atoms with Crippen molar-refractivity contribution in [2.45, 2.75) is 20.8 Å². The number of piperazine rings is 1. The fraction of sp³-hybridized carbons (Fsp3) is 0.467. The first-order valence-corrected chi connectivity index (χ1v) is 6.71. The van der Waals surface area contributed by atoms with Gasteiger partial charge in [0.1, 0.15) is 5.82 Å². The van der Waals surface area contributed by atoms with Crippen molar-refractivity contribution in [3.8, 4) is 0 Å². The molecule has 0 spiro atoms. The second kappa shape index (κ2) is 5.61. The number of carbonyl (C=O) groups is 2. The summed E-state index contributed by atoms with van der Waals surface area (Å²) in [6.45, 7) is 7.26. The monoisotopic (exact) mass is 278 g/mol. The summed E-state index contributed by atoms with van der Waals surface area (Å²) in [6.07, 6.45) is 0. The zero-order valence-corrected chi connectivity index (χ0v) is 12.1. The van der Waals surface area contributed by atoms with Crippen molar-refractivity contribution in [1.82, 2.24) is 4.90 Å². The Kier molecular flexibility index (Phi) is 4.06. The molecule has 1 aromatic carbocycles. The molecular weight excluding hydrogens is 259 g/mol. The summed E-state index contributed by atoms with van der Waals surface area (Å²) in [4.78, 5) is 26.8. The van der Waals surface area contributed by atoms with Gasteiger partial charge in [-0.2, -0.15) is 0 Å². The number of hydrogen-bond acceptors (Lipinski definition) is 3. The van der Waals surface area contributed by atoms with Gasteiger partial charge in [-0.05, 0) is 31.5 Å². The Hall–Kier alpha value is -1.91. The smallest absolute Gasteiger partial charge is 0.219 e. The topological polar surface area (TPSA) is 40.6 Å². The van der Waals surface area contributed by atoms with Crippen LogP contribution in [-0.2, 0) is 4.79 Å². The normalized spacial score (nSPS) is 15.4. The molecule has 1 heterocycles. The third kappa shape index (κ3) is 2.81. The van der Waals surface area contributed by atoms with Gasteiger partial charge in [0.2, 0.25) is 5.91 Å². The SMILES string of the molecule is CC(=O)c1cc(F)c(C)cc1N1CCN(C(C)=O)CC1. The predicted molar refractivity (Wildman–Crippen MR) is 75.6 cm³/mol. The lowest BCUT2D eigenvalue weighted by Gasteiger charge is -2.36. The highest BCUT2D eigenvalue weighted by Crippen LogP contribution is 2.26. The first-order chi connectivity index (χ1) is 9.40. The van der Waals surface area contributed by atoms with Crippen LogP contribution in [0.5, 0.6) is 0 Å². The van der Waals surface area contributed by atoms with Crippen LogP contribution in [-0.4, -0.2) is 42.8 Å². The van der Waals surface area contributed by atoms with Gasteiger partial charge in [-0.25, -0.2) is 4.39 Å². The maximum Gasteiger partial charge on any atom is 0.219 e. The van der Waals surface area contributed by atoms with E-state index in [-0.39, 0.29) is 17.5 Å². The maximum absolute atomic E-state index is 13.6. The van der Waals surface area contributed by atoms with Crippen LogP contribution < -0.4 is 4.90 Å². The van der Waals surface area contributed by atoms with Crippen LogP contribution in [0.1, 0.15) is 29.8 Å². The zero-order chi connectivity index (χ0) is 14.9. The molecule has 1 aliphatic heterocycles. The van der Waals surface area contributed by atoms with Gasteiger partial charge < -0.3 is 9.80 Å². The molecule has 0 saturated carbocycles. The summed E-state index contributed by atoms with van der Waals surface area (Å²) in [5, 5.41) is 0. The molecule has 0 radical (unpaired) electrons. The van der Waals surface area contributed by atoms with Crippen molar-refractivity contribution in [2.75, 3.05) is 31.1 Å². The summed E-state index contributed by atoms with van der Waals surface area (Å²) < 4.78 is 13.6. The molecule has 0 atom stereocenters. The van der Waals surface area contributed by atoms with E-state index in [2.05, 4.69) is 0 Å². The van der Waals surface area contributed by atoms with E-state index in [1.807, 2.05) is 4.90 Å². The van der Waals surface area contributed by atoms with E-state index < -0.39 is 0 Å². The number of Topliss-reactive ketones (excluding diaryl/α,β-unsaturated/α-hetero) is 1. The van der Waals surface area contributed by atoms with Crippen LogP contribution >= 0.6 is 0 Å². The molecule has 0 bridgehead atoms. The summed E-state index contributed by atoms with van der Waals surface area (Å²) >= 11 is 0. The predicted octanol–water partition coefficient (Wildman–Crippen LogP) is 2.01. The number of benzene rings is 1. The molecule has 1 aliphatic rings. The Bertz CT molecular complexity index is 549. The largest absolute Gasteiger partial charge is 0.367 e. The van der Waals surface area contributed by atoms with Gasteiger partial charge in [0.05, 0.1) is 0 Å². The third-order valence-electron chi connectivity index (χ3n) is 3.72. The molecule has 5 heteroatoms. The number of rotatable bonds is 2. The molecule has 20 heavy (non-hydrogen) atoms. The lowest BCUT2D eigenvalue weighted by molar-refractivity contribution is -0.129. The van der Waals surface area contributed by atoms with Gasteiger partial charge >= 0.3 is 0 Å². The molecule has 0 aliphatic carbocycles. The van der Waals surface area contributed by atoms with Gasteiger partial charge in [-0.3, -0.25) is 9.59 Å². The highest BCUT2D eigenvalue weighted by molar-refractivity contribution is 6.00. The van der Waals surface area contributed by atoms with Gasteiger partial charge in [0, 0.05) is 44.4 Å². The standard InChI is InChI=1S/C15H19FN2O2/c1-10-8-15(13(11(2)19)9-14(10)16)18-6-4-17(5-7-18)12(3)20/h8-9H,4-7H2,1-3H3. The highest BCUT2D eigenvalue weighted by Gasteiger charge is 2.22. The molecule has 0 N–H and O–H groups in total. The Morgan fingerprint density at radius 2 is 1.70 bits per heavy atom. The lowest BCUT2D eigenvalue weighted by Crippen LogP contribution is -2.48. The Labute approximate surface area is 118 Å². The number of nitrogens with zero attached hydrogens (tertiary/aromatic N) is 2. The van der Waals surface area contributed by atoms with E-state index in [9.17, 15) is 14.0 Å². The number of ketones is 1. The summed E-state index contributed by atoms with van der Waals surface area (Å²) in [7, 11) is 0. The molecule has 4 nitrogen and oxygen atoms in total. The fourth-order valence-corrected chi connectivity index (χ4v) is 2.47. The maximum atomic E-state index is 13.6. The van der Waals surface area contributed by atoms with E-state index in [1.165, 1.54) is 13.0 Å². The number of amides is 1. The molecule has 2 rings (SSSR count). The van der Waals surface area contributed by atoms with Gasteiger partial charge in [-0.15, -0.1) is 0 Å². The average molecular weight is 278 g/mol. The van der Waals surface area contributed by atoms with Crippen molar-refractivity contribution < 1.29 is 14.0 Å². The average Bonchev–Trinajstić information content (AvgIpc) is 2.41. The van der Waals surface area contributed by atoms with E-state index in [4.69, 9.17) is 0 Å². The van der Waals surface area contributed by atoms with Crippen molar-refractivity contribution in [3.05, 3.63) is 29.1 Å². The molecule has 0 unspecified atom stereocenters. The molecule has 1 amide bonds. The van der Waals surface area contributed by atoms with Crippen molar-refractivity contribution >= 4 is 17.4 Å². The number of anilines is 1. The minimum atomic E-state index is -0.360. The molecule has 108 valence electrons. The molecule has 1 aromatic rings. The van der Waals surface area contributed by atoms with Crippen LogP contribution in [0.15, 0.2) is 12.1 Å². The summed E-state index contributed by atoms with van der Waals surface area (Å²) in [6, 6.07) is 3.03. The second-order valence-electron chi connectivity index (χ2n) is 5.17. The number of carbonyl (C=O) groups excluding carboxylic acids is 2. The van der Waals surface area contributed by atoms with E-state index in [0.29, 0.717) is 37.3 Å². The first kappa shape index (κ1) is 14.5. The van der Waals surface area contributed by atoms with Crippen LogP contribution in [0.3, 0.4) is 0 Å². The van der Waals surface area contributed by atoms with Crippen molar-refractivity contribution in [3.63, 3.8) is 0 Å². The second-order valence-corrected chi connectivity index (χ2v) is 5.17. The van der Waals surface area contributed by atoms with E-state index in [1.54, 1.807) is 24.8 Å². The number of halogens is 1. The van der Waals surface area contributed by atoms with Crippen LogP contribution in [0.2, 0.25) is 0 Å². The first-order valence-electron chi connectivity index (χ1n) is 6.71. The molecular formula is C15H19FN2O2. The Morgan fingerprint density at radius 1 is 1.10 bits per heavy atom. The Balaban J connectivity index is 2.27. The quantitative estimate of drug-likeness (QED) is 0.777. The van der Waals surface area contributed by atoms with Crippen LogP contribution in [0.25, 0.3) is 0 Å². The van der Waals surface area contributed by atoms with Crippen LogP contribution in [0, 0.1) is 12.7 Å². The van der Waals surface area contributed by atoms with Crippen LogP contribution in [0.4, 0.5) is 10.1 Å². The molecule has 1 saturated heterocycles. The minimum absolute atomic E-state index is 0.0618. The third-order valence-corrected chi connectivity index (χ3v) is 3.72. The summed E-state index contributed by atoms with van der Waals surface area (Å²) in [5.74, 6) is -0.444. The van der Waals surface area contributed by atoms with Gasteiger partial charge in [0.15, 0.2) is 5.78 Å². The molecule has 0 aromatic heterocycles. The molecule has 1 fully saturated rings. The number of aryl methyl sites for hydroxylation is 1. The minimum Gasteiger partial charge on any atom is -0.367 e. The lowest BCUT2D eigenvalue weighted by atomic mass is 10.0. The van der Waals surface area contributed by atoms with E-state index in [0.717, 1.165) is 5.69 Å². The van der Waals surface area contributed by atoms with Gasteiger partial charge in [0.25, 0.3) is 0 Å². The zero-order valence-electron chi connectivity index (χ0n) is 12.1. The Morgan fingerprint density at radius 3 is 2.20 bits per heavy atom. The summed E-state index contributed by atoms with van der Waals surface area (Å²) in [5.41, 5.74) is 1.70. The number of hydrogen-bond donors (Lipinski definition) is 0. The van der Waals surface area contributed by atoms with Crippen molar-refractivity contribution in [1.29, 1.82) is 0 Å². The van der Waals surface area contributed by atoms with Gasteiger partial charge in [-0.1, -0.05) is 0 Å². The van der Waals surface area contributed by atoms with E-state index >= 15 is 0 Å². The highest BCUT2D eigenvalue weighted by atomic mass is 19.1.